The standard InChI is InChI=1S/C17H21N5O/c1-12-15(13(2)19-18-12)9-10-22(3)11-16-20-21-17(23-16)14-7-5-4-6-8-14/h4-8H,9-11H2,1-3H3,(H,18,19). The Morgan fingerprint density at radius 1 is 1.13 bits per heavy atom. The molecule has 1 N–H and O–H groups in total. The maximum atomic E-state index is 5.74. The van der Waals surface area contributed by atoms with Crippen LogP contribution in [0.4, 0.5) is 0 Å². The van der Waals surface area contributed by atoms with Gasteiger partial charge in [0, 0.05) is 17.8 Å². The molecule has 0 saturated carbocycles. The number of aromatic amines is 1. The first kappa shape index (κ1) is 15.4. The van der Waals surface area contributed by atoms with E-state index in [1.807, 2.05) is 37.3 Å². The lowest BCUT2D eigenvalue weighted by Gasteiger charge is -2.14. The Labute approximate surface area is 135 Å². The molecule has 120 valence electrons. The highest BCUT2D eigenvalue weighted by Gasteiger charge is 2.12. The van der Waals surface area contributed by atoms with Crippen molar-refractivity contribution >= 4 is 0 Å². The van der Waals surface area contributed by atoms with Gasteiger partial charge in [-0.1, -0.05) is 18.2 Å². The van der Waals surface area contributed by atoms with E-state index in [2.05, 4.69) is 39.3 Å². The Morgan fingerprint density at radius 3 is 2.61 bits per heavy atom. The van der Waals surface area contributed by atoms with Crippen LogP contribution in [0, 0.1) is 13.8 Å². The number of hydrogen-bond donors (Lipinski definition) is 1. The summed E-state index contributed by atoms with van der Waals surface area (Å²) >= 11 is 0. The number of likely N-dealkylation sites (N-methyl/N-ethyl adjacent to an activating group) is 1. The predicted octanol–water partition coefficient (Wildman–Crippen LogP) is 2.75. The summed E-state index contributed by atoms with van der Waals surface area (Å²) in [4.78, 5) is 2.17. The van der Waals surface area contributed by atoms with E-state index in [1.54, 1.807) is 0 Å². The first-order chi connectivity index (χ1) is 11.1. The smallest absolute Gasteiger partial charge is 0.247 e. The van der Waals surface area contributed by atoms with Gasteiger partial charge in [-0.2, -0.15) is 5.10 Å². The van der Waals surface area contributed by atoms with Gasteiger partial charge in [0.1, 0.15) is 0 Å². The van der Waals surface area contributed by atoms with E-state index in [1.165, 1.54) is 5.56 Å². The summed E-state index contributed by atoms with van der Waals surface area (Å²) in [5.41, 5.74) is 4.44. The fourth-order valence-corrected chi connectivity index (χ4v) is 2.57. The summed E-state index contributed by atoms with van der Waals surface area (Å²) in [6.45, 7) is 5.63. The lowest BCUT2D eigenvalue weighted by atomic mass is 10.1. The zero-order valence-electron chi connectivity index (χ0n) is 13.7. The van der Waals surface area contributed by atoms with Crippen molar-refractivity contribution in [2.75, 3.05) is 13.6 Å². The van der Waals surface area contributed by atoms with Crippen LogP contribution in [0.2, 0.25) is 0 Å². The summed E-state index contributed by atoms with van der Waals surface area (Å²) in [7, 11) is 2.05. The second kappa shape index (κ2) is 6.75. The van der Waals surface area contributed by atoms with Gasteiger partial charge < -0.3 is 4.42 Å². The second-order valence-corrected chi connectivity index (χ2v) is 5.77. The topological polar surface area (TPSA) is 70.8 Å². The van der Waals surface area contributed by atoms with E-state index >= 15 is 0 Å². The van der Waals surface area contributed by atoms with Crippen molar-refractivity contribution in [2.24, 2.45) is 0 Å². The maximum absolute atomic E-state index is 5.74. The molecule has 3 aromatic rings. The zero-order chi connectivity index (χ0) is 16.2. The number of H-pyrrole nitrogens is 1. The van der Waals surface area contributed by atoms with Gasteiger partial charge >= 0.3 is 0 Å². The number of nitrogens with zero attached hydrogens (tertiary/aromatic N) is 4. The molecule has 0 amide bonds. The minimum absolute atomic E-state index is 0.565. The Bertz CT molecular complexity index is 743. The van der Waals surface area contributed by atoms with Crippen molar-refractivity contribution in [3.63, 3.8) is 0 Å². The molecule has 0 fully saturated rings. The van der Waals surface area contributed by atoms with Crippen molar-refractivity contribution in [3.05, 3.63) is 53.2 Å². The van der Waals surface area contributed by atoms with Gasteiger partial charge in [0.25, 0.3) is 0 Å². The minimum atomic E-state index is 0.565. The maximum Gasteiger partial charge on any atom is 0.247 e. The van der Waals surface area contributed by atoms with Crippen molar-refractivity contribution in [1.29, 1.82) is 0 Å². The summed E-state index contributed by atoms with van der Waals surface area (Å²) in [5, 5.41) is 15.5. The van der Waals surface area contributed by atoms with Crippen LogP contribution in [0.3, 0.4) is 0 Å². The fourth-order valence-electron chi connectivity index (χ4n) is 2.57. The largest absolute Gasteiger partial charge is 0.419 e. The highest BCUT2D eigenvalue weighted by Crippen LogP contribution is 2.17. The molecule has 0 aliphatic rings. The van der Waals surface area contributed by atoms with Crippen LogP contribution >= 0.6 is 0 Å². The lowest BCUT2D eigenvalue weighted by Crippen LogP contribution is -2.21. The van der Waals surface area contributed by atoms with E-state index in [-0.39, 0.29) is 0 Å². The van der Waals surface area contributed by atoms with Crippen LogP contribution in [-0.2, 0) is 13.0 Å². The quantitative estimate of drug-likeness (QED) is 0.758. The van der Waals surface area contributed by atoms with Crippen LogP contribution in [0.25, 0.3) is 11.5 Å². The van der Waals surface area contributed by atoms with E-state index in [4.69, 9.17) is 4.42 Å². The molecule has 3 rings (SSSR count). The highest BCUT2D eigenvalue weighted by atomic mass is 16.4. The number of aromatic nitrogens is 4. The third kappa shape index (κ3) is 3.65. The Balaban J connectivity index is 1.58. The van der Waals surface area contributed by atoms with Crippen LogP contribution in [0.5, 0.6) is 0 Å². The van der Waals surface area contributed by atoms with E-state index in [0.29, 0.717) is 18.3 Å². The molecule has 23 heavy (non-hydrogen) atoms. The molecule has 0 unspecified atom stereocenters. The summed E-state index contributed by atoms with van der Waals surface area (Å²) in [6, 6.07) is 9.81. The third-order valence-corrected chi connectivity index (χ3v) is 3.92. The molecule has 6 heteroatoms. The molecule has 2 heterocycles. The molecule has 0 aliphatic carbocycles. The highest BCUT2D eigenvalue weighted by molar-refractivity contribution is 5.51. The van der Waals surface area contributed by atoms with Gasteiger partial charge in [0.15, 0.2) is 0 Å². The molecule has 0 radical (unpaired) electrons. The SMILES string of the molecule is Cc1n[nH]c(C)c1CCN(C)Cc1nnc(-c2ccccc2)o1. The van der Waals surface area contributed by atoms with Gasteiger partial charge in [-0.15, -0.1) is 10.2 Å². The predicted molar refractivity (Wildman–Crippen MR) is 87.8 cm³/mol. The average Bonchev–Trinajstić information content (AvgIpc) is 3.14. The van der Waals surface area contributed by atoms with E-state index < -0.39 is 0 Å². The molecule has 6 nitrogen and oxygen atoms in total. The number of aryl methyl sites for hydroxylation is 2. The van der Waals surface area contributed by atoms with Crippen LogP contribution in [0.1, 0.15) is 22.8 Å². The van der Waals surface area contributed by atoms with Crippen molar-refractivity contribution in [2.45, 2.75) is 26.8 Å². The number of rotatable bonds is 6. The van der Waals surface area contributed by atoms with E-state index in [9.17, 15) is 0 Å². The minimum Gasteiger partial charge on any atom is -0.419 e. The second-order valence-electron chi connectivity index (χ2n) is 5.77. The number of nitrogens with one attached hydrogen (secondary N) is 1. The van der Waals surface area contributed by atoms with E-state index in [0.717, 1.165) is 29.9 Å². The van der Waals surface area contributed by atoms with Crippen molar-refractivity contribution < 1.29 is 4.42 Å². The van der Waals surface area contributed by atoms with Crippen molar-refractivity contribution in [3.8, 4) is 11.5 Å². The lowest BCUT2D eigenvalue weighted by molar-refractivity contribution is 0.293. The monoisotopic (exact) mass is 311 g/mol. The third-order valence-electron chi connectivity index (χ3n) is 3.92. The summed E-state index contributed by atoms with van der Waals surface area (Å²) < 4.78 is 5.74. The fraction of sp³-hybridized carbons (Fsp3) is 0.353. The van der Waals surface area contributed by atoms with Gasteiger partial charge in [-0.3, -0.25) is 10.00 Å². The molecular formula is C17H21N5O. The summed E-state index contributed by atoms with van der Waals surface area (Å²) in [5.74, 6) is 1.20. The molecule has 0 saturated heterocycles. The average molecular weight is 311 g/mol. The number of hydrogen-bond acceptors (Lipinski definition) is 5. The van der Waals surface area contributed by atoms with Crippen LogP contribution in [-0.4, -0.2) is 38.9 Å². The van der Waals surface area contributed by atoms with Gasteiger partial charge in [-0.25, -0.2) is 0 Å². The zero-order valence-corrected chi connectivity index (χ0v) is 13.7. The molecule has 0 aliphatic heterocycles. The molecular weight excluding hydrogens is 290 g/mol. The van der Waals surface area contributed by atoms with Crippen LogP contribution in [0.15, 0.2) is 34.7 Å². The van der Waals surface area contributed by atoms with Crippen molar-refractivity contribution in [1.82, 2.24) is 25.3 Å². The first-order valence-electron chi connectivity index (χ1n) is 7.70. The van der Waals surface area contributed by atoms with Gasteiger partial charge in [-0.05, 0) is 45.0 Å². The molecule has 0 atom stereocenters. The molecule has 2 aromatic heterocycles. The van der Waals surface area contributed by atoms with Gasteiger partial charge in [0.05, 0.1) is 12.2 Å². The Hall–Kier alpha value is -2.47. The normalized spacial score (nSPS) is 11.3. The summed E-state index contributed by atoms with van der Waals surface area (Å²) in [6.07, 6.45) is 0.949. The molecule has 0 spiro atoms. The first-order valence-corrected chi connectivity index (χ1v) is 7.70. The molecule has 0 bridgehead atoms. The molecule has 1 aromatic carbocycles. The van der Waals surface area contributed by atoms with Gasteiger partial charge in [0.2, 0.25) is 11.8 Å². The number of benzene rings is 1. The Morgan fingerprint density at radius 2 is 1.91 bits per heavy atom. The Kier molecular flexibility index (Phi) is 4.52. The van der Waals surface area contributed by atoms with Crippen LogP contribution < -0.4 is 0 Å².